The van der Waals surface area contributed by atoms with Crippen molar-refractivity contribution < 1.29 is 14.3 Å². The Morgan fingerprint density at radius 1 is 1.11 bits per heavy atom. The lowest BCUT2D eigenvalue weighted by molar-refractivity contribution is 0.0507. The molecule has 1 saturated heterocycles. The number of benzene rings is 2. The van der Waals surface area contributed by atoms with Gasteiger partial charge in [0, 0.05) is 45.0 Å². The van der Waals surface area contributed by atoms with E-state index in [-0.39, 0.29) is 12.0 Å². The molecule has 1 aliphatic heterocycles. The van der Waals surface area contributed by atoms with E-state index < -0.39 is 0 Å². The van der Waals surface area contributed by atoms with Crippen LogP contribution in [0.2, 0.25) is 0 Å². The molecule has 1 aliphatic rings. The Morgan fingerprint density at radius 3 is 2.37 bits per heavy atom. The number of anilines is 1. The number of hydrogen-bond acceptors (Lipinski definition) is 4. The highest BCUT2D eigenvalue weighted by molar-refractivity contribution is 5.94. The van der Waals surface area contributed by atoms with Crippen molar-refractivity contribution in [3.8, 4) is 5.75 Å². The third kappa shape index (κ3) is 5.01. The first kappa shape index (κ1) is 19.2. The van der Waals surface area contributed by atoms with Crippen molar-refractivity contribution in [2.75, 3.05) is 39.3 Å². The van der Waals surface area contributed by atoms with Gasteiger partial charge in [0.2, 0.25) is 0 Å². The lowest BCUT2D eigenvalue weighted by atomic mass is 10.1. The van der Waals surface area contributed by atoms with Crippen molar-refractivity contribution in [1.29, 1.82) is 0 Å². The van der Waals surface area contributed by atoms with Crippen LogP contribution in [0, 0.1) is 0 Å². The molecule has 2 aromatic rings. The van der Waals surface area contributed by atoms with Crippen LogP contribution in [0.1, 0.15) is 28.8 Å². The normalized spacial score (nSPS) is 16.2. The van der Waals surface area contributed by atoms with Crippen LogP contribution in [0.3, 0.4) is 0 Å². The lowest BCUT2D eigenvalue weighted by Crippen LogP contribution is -2.37. The lowest BCUT2D eigenvalue weighted by Gasteiger charge is -2.26. The fourth-order valence-corrected chi connectivity index (χ4v) is 3.29. The summed E-state index contributed by atoms with van der Waals surface area (Å²) in [5.41, 5.74) is 2.92. The highest BCUT2D eigenvalue weighted by Crippen LogP contribution is 2.20. The van der Waals surface area contributed by atoms with Crippen LogP contribution in [0.4, 0.5) is 5.69 Å². The van der Waals surface area contributed by atoms with Crippen LogP contribution in [0.25, 0.3) is 0 Å². The Morgan fingerprint density at radius 2 is 1.81 bits per heavy atom. The zero-order valence-electron chi connectivity index (χ0n) is 16.4. The molecule has 5 heteroatoms. The van der Waals surface area contributed by atoms with Gasteiger partial charge in [-0.05, 0) is 54.8 Å². The number of amides is 1. The first-order valence-corrected chi connectivity index (χ1v) is 9.38. The van der Waals surface area contributed by atoms with Crippen LogP contribution in [0.15, 0.2) is 48.5 Å². The van der Waals surface area contributed by atoms with Crippen LogP contribution >= 0.6 is 0 Å². The molecule has 0 saturated carbocycles. The second-order valence-corrected chi connectivity index (χ2v) is 7.11. The van der Waals surface area contributed by atoms with Gasteiger partial charge < -0.3 is 19.3 Å². The predicted octanol–water partition coefficient (Wildman–Crippen LogP) is 3.58. The average molecular weight is 368 g/mol. The summed E-state index contributed by atoms with van der Waals surface area (Å²) < 4.78 is 11.0. The molecule has 2 aromatic carbocycles. The summed E-state index contributed by atoms with van der Waals surface area (Å²) in [6, 6.07) is 15.6. The van der Waals surface area contributed by atoms with E-state index in [1.807, 2.05) is 43.3 Å². The van der Waals surface area contributed by atoms with Gasteiger partial charge in [-0.15, -0.1) is 0 Å². The molecule has 0 radical (unpaired) electrons. The number of carbonyl (C=O) groups is 1. The first-order valence-electron chi connectivity index (χ1n) is 9.38. The fourth-order valence-electron chi connectivity index (χ4n) is 3.29. The average Bonchev–Trinajstić information content (AvgIpc) is 3.20. The highest BCUT2D eigenvalue weighted by Gasteiger charge is 2.23. The van der Waals surface area contributed by atoms with Crippen molar-refractivity contribution in [3.05, 3.63) is 59.7 Å². The summed E-state index contributed by atoms with van der Waals surface area (Å²) >= 11 is 0. The van der Waals surface area contributed by atoms with E-state index in [0.29, 0.717) is 18.7 Å². The van der Waals surface area contributed by atoms with Crippen molar-refractivity contribution in [3.63, 3.8) is 0 Å². The van der Waals surface area contributed by atoms with Crippen molar-refractivity contribution in [2.24, 2.45) is 0 Å². The van der Waals surface area contributed by atoms with Gasteiger partial charge in [0.05, 0.1) is 13.2 Å². The van der Waals surface area contributed by atoms with E-state index in [2.05, 4.69) is 29.2 Å². The van der Waals surface area contributed by atoms with Crippen LogP contribution in [-0.2, 0) is 11.3 Å². The molecular formula is C22H28N2O3. The summed E-state index contributed by atoms with van der Waals surface area (Å²) in [5.74, 6) is 0.765. The Labute approximate surface area is 161 Å². The number of hydrogen-bond donors (Lipinski definition) is 0. The van der Waals surface area contributed by atoms with Crippen molar-refractivity contribution >= 4 is 11.6 Å². The van der Waals surface area contributed by atoms with E-state index in [1.54, 1.807) is 7.11 Å². The topological polar surface area (TPSA) is 42.0 Å². The third-order valence-corrected chi connectivity index (χ3v) is 4.90. The first-order chi connectivity index (χ1) is 13.1. The standard InChI is InChI=1S/C22H28N2O3/c1-23(2)19-10-6-17(7-11-19)15-24(16-21-5-4-14-27-21)22(25)18-8-12-20(26-3)13-9-18/h6-13,21H,4-5,14-16H2,1-3H3/t21-/m1/s1. The number of nitrogens with zero attached hydrogens (tertiary/aromatic N) is 2. The molecule has 3 rings (SSSR count). The van der Waals surface area contributed by atoms with E-state index in [9.17, 15) is 4.79 Å². The molecule has 1 amide bonds. The minimum Gasteiger partial charge on any atom is -0.497 e. The highest BCUT2D eigenvalue weighted by atomic mass is 16.5. The molecule has 0 aliphatic carbocycles. The summed E-state index contributed by atoms with van der Waals surface area (Å²) in [5, 5.41) is 0. The molecule has 0 unspecified atom stereocenters. The maximum absolute atomic E-state index is 13.1. The van der Waals surface area contributed by atoms with E-state index >= 15 is 0 Å². The van der Waals surface area contributed by atoms with Gasteiger partial charge in [-0.2, -0.15) is 0 Å². The Kier molecular flexibility index (Phi) is 6.35. The van der Waals surface area contributed by atoms with Crippen molar-refractivity contribution in [2.45, 2.75) is 25.5 Å². The third-order valence-electron chi connectivity index (χ3n) is 4.90. The Bertz CT molecular complexity index is 735. The summed E-state index contributed by atoms with van der Waals surface area (Å²) in [6.07, 6.45) is 2.19. The number of carbonyl (C=O) groups excluding carboxylic acids is 1. The number of ether oxygens (including phenoxy) is 2. The molecule has 0 N–H and O–H groups in total. The quantitative estimate of drug-likeness (QED) is 0.749. The van der Waals surface area contributed by atoms with E-state index in [1.165, 1.54) is 0 Å². The van der Waals surface area contributed by atoms with Crippen molar-refractivity contribution in [1.82, 2.24) is 4.90 Å². The summed E-state index contributed by atoms with van der Waals surface area (Å²) in [4.78, 5) is 17.1. The number of rotatable bonds is 7. The maximum atomic E-state index is 13.1. The summed E-state index contributed by atoms with van der Waals surface area (Å²) in [6.45, 7) is 1.96. The molecule has 0 aromatic heterocycles. The molecule has 0 spiro atoms. The fraction of sp³-hybridized carbons (Fsp3) is 0.409. The van der Waals surface area contributed by atoms with Gasteiger partial charge >= 0.3 is 0 Å². The Hall–Kier alpha value is -2.53. The van der Waals surface area contributed by atoms with E-state index in [0.717, 1.165) is 36.4 Å². The maximum Gasteiger partial charge on any atom is 0.254 e. The predicted molar refractivity (Wildman–Crippen MR) is 107 cm³/mol. The van der Waals surface area contributed by atoms with Crippen LogP contribution < -0.4 is 9.64 Å². The van der Waals surface area contributed by atoms with Gasteiger partial charge in [0.1, 0.15) is 5.75 Å². The van der Waals surface area contributed by atoms with Gasteiger partial charge in [0.15, 0.2) is 0 Å². The monoisotopic (exact) mass is 368 g/mol. The minimum atomic E-state index is 0.0184. The molecule has 0 bridgehead atoms. The van der Waals surface area contributed by atoms with Gasteiger partial charge in [-0.3, -0.25) is 4.79 Å². The molecule has 144 valence electrons. The second-order valence-electron chi connectivity index (χ2n) is 7.11. The largest absolute Gasteiger partial charge is 0.497 e. The smallest absolute Gasteiger partial charge is 0.254 e. The van der Waals surface area contributed by atoms with Crippen LogP contribution in [-0.4, -0.2) is 51.3 Å². The Balaban J connectivity index is 1.77. The van der Waals surface area contributed by atoms with Crippen LogP contribution in [0.5, 0.6) is 5.75 Å². The molecule has 27 heavy (non-hydrogen) atoms. The van der Waals surface area contributed by atoms with E-state index in [4.69, 9.17) is 9.47 Å². The molecule has 5 nitrogen and oxygen atoms in total. The van der Waals surface area contributed by atoms with Gasteiger partial charge in [-0.25, -0.2) is 0 Å². The minimum absolute atomic E-state index is 0.0184. The number of methoxy groups -OCH3 is 1. The molecule has 1 heterocycles. The molecule has 1 fully saturated rings. The van der Waals surface area contributed by atoms with Gasteiger partial charge in [0.25, 0.3) is 5.91 Å². The molecular weight excluding hydrogens is 340 g/mol. The summed E-state index contributed by atoms with van der Waals surface area (Å²) in [7, 11) is 5.66. The molecule has 1 atom stereocenters. The van der Waals surface area contributed by atoms with Gasteiger partial charge in [-0.1, -0.05) is 12.1 Å². The SMILES string of the molecule is COc1ccc(C(=O)N(Cc2ccc(N(C)C)cc2)C[C@H]2CCCO2)cc1. The second kappa shape index (κ2) is 8.91. The zero-order valence-corrected chi connectivity index (χ0v) is 16.4. The zero-order chi connectivity index (χ0) is 19.2.